The summed E-state index contributed by atoms with van der Waals surface area (Å²) in [5.74, 6) is -0.739. The zero-order valence-corrected chi connectivity index (χ0v) is 7.83. The van der Waals surface area contributed by atoms with Crippen molar-refractivity contribution in [2.24, 2.45) is 5.92 Å². The van der Waals surface area contributed by atoms with Gasteiger partial charge in [-0.3, -0.25) is 0 Å². The van der Waals surface area contributed by atoms with Crippen molar-refractivity contribution in [2.75, 3.05) is 6.61 Å². The van der Waals surface area contributed by atoms with Crippen molar-refractivity contribution in [2.45, 2.75) is 25.6 Å². The van der Waals surface area contributed by atoms with Crippen molar-refractivity contribution >= 4 is 0 Å². The van der Waals surface area contributed by atoms with Crippen molar-refractivity contribution in [1.29, 1.82) is 0 Å². The van der Waals surface area contributed by atoms with E-state index < -0.39 is 12.0 Å². The Balaban J connectivity index is 2.34. The van der Waals surface area contributed by atoms with Gasteiger partial charge in [-0.25, -0.2) is 0 Å². The topological polar surface area (TPSA) is 50.9 Å². The summed E-state index contributed by atoms with van der Waals surface area (Å²) in [6, 6.07) is 0. The Morgan fingerprint density at radius 1 is 1.40 bits per heavy atom. The van der Waals surface area contributed by atoms with Crippen LogP contribution in [0, 0.1) is 5.92 Å². The molecule has 1 unspecified atom stereocenters. The number of aromatic nitrogens is 3. The van der Waals surface area contributed by atoms with Gasteiger partial charge in [-0.2, -0.15) is 13.2 Å². The number of aliphatic hydroxyl groups is 1. The van der Waals surface area contributed by atoms with Crippen molar-refractivity contribution in [3.63, 3.8) is 0 Å². The highest BCUT2D eigenvalue weighted by atomic mass is 19.4. The maximum absolute atomic E-state index is 12.5. The maximum Gasteiger partial charge on any atom is 0.451 e. The zero-order valence-electron chi connectivity index (χ0n) is 7.83. The average molecular weight is 221 g/mol. The summed E-state index contributed by atoms with van der Waals surface area (Å²) in [5.41, 5.74) is 0. The van der Waals surface area contributed by atoms with E-state index in [0.29, 0.717) is 18.7 Å². The Kier molecular flexibility index (Phi) is 2.41. The third kappa shape index (κ3) is 1.83. The lowest BCUT2D eigenvalue weighted by Gasteiger charge is -2.22. The molecule has 0 fully saturated rings. The number of alkyl halides is 3. The first-order valence-electron chi connectivity index (χ1n) is 4.62. The van der Waals surface area contributed by atoms with Gasteiger partial charge >= 0.3 is 6.18 Å². The van der Waals surface area contributed by atoms with Crippen LogP contribution in [-0.2, 0) is 19.1 Å². The summed E-state index contributed by atoms with van der Waals surface area (Å²) < 4.78 is 38.4. The van der Waals surface area contributed by atoms with Gasteiger partial charge in [-0.05, 0) is 6.42 Å². The second kappa shape index (κ2) is 3.48. The zero-order chi connectivity index (χ0) is 11.1. The Morgan fingerprint density at radius 2 is 2.13 bits per heavy atom. The minimum atomic E-state index is -4.47. The van der Waals surface area contributed by atoms with Crippen molar-refractivity contribution in [1.82, 2.24) is 14.8 Å². The third-order valence-electron chi connectivity index (χ3n) is 2.56. The molecule has 0 amide bonds. The van der Waals surface area contributed by atoms with Crippen molar-refractivity contribution in [3.8, 4) is 0 Å². The molecule has 0 spiro atoms. The predicted octanol–water partition coefficient (Wildman–Crippen LogP) is 0.852. The molecule has 1 aliphatic heterocycles. The summed E-state index contributed by atoms with van der Waals surface area (Å²) in [4.78, 5) is 0. The molecule has 1 aliphatic rings. The molecule has 2 rings (SSSR count). The molecule has 1 N–H and O–H groups in total. The lowest BCUT2D eigenvalue weighted by Crippen LogP contribution is -2.26. The summed E-state index contributed by atoms with van der Waals surface area (Å²) in [7, 11) is 0. The van der Waals surface area contributed by atoms with Crippen LogP contribution in [0.4, 0.5) is 13.2 Å². The summed E-state index contributed by atoms with van der Waals surface area (Å²) in [5, 5.41) is 15.6. The van der Waals surface area contributed by atoms with E-state index in [1.807, 2.05) is 0 Å². The van der Waals surface area contributed by atoms with E-state index in [1.165, 1.54) is 0 Å². The van der Waals surface area contributed by atoms with E-state index in [-0.39, 0.29) is 19.1 Å². The number of rotatable bonds is 1. The molecule has 0 bridgehead atoms. The molecule has 1 aromatic rings. The molecule has 2 heterocycles. The highest BCUT2D eigenvalue weighted by Gasteiger charge is 2.39. The van der Waals surface area contributed by atoms with E-state index >= 15 is 0 Å². The number of halogens is 3. The first-order valence-corrected chi connectivity index (χ1v) is 4.62. The number of hydrogen-bond donors (Lipinski definition) is 1. The number of fused-ring (bicyclic) bond motifs is 1. The molecule has 0 radical (unpaired) electrons. The van der Waals surface area contributed by atoms with Crippen molar-refractivity contribution < 1.29 is 18.3 Å². The van der Waals surface area contributed by atoms with Crippen LogP contribution in [0.3, 0.4) is 0 Å². The monoisotopic (exact) mass is 221 g/mol. The molecule has 0 saturated heterocycles. The van der Waals surface area contributed by atoms with Gasteiger partial charge in [0.15, 0.2) is 0 Å². The SMILES string of the molecule is OCC1CCc2nnc(C(F)(F)F)n2C1. The van der Waals surface area contributed by atoms with Gasteiger partial charge in [-0.1, -0.05) is 0 Å². The molecular weight excluding hydrogens is 211 g/mol. The Morgan fingerprint density at radius 3 is 2.73 bits per heavy atom. The fourth-order valence-electron chi connectivity index (χ4n) is 1.75. The number of aryl methyl sites for hydroxylation is 1. The second-order valence-electron chi connectivity index (χ2n) is 3.64. The first kappa shape index (κ1) is 10.4. The normalized spacial score (nSPS) is 21.5. The third-order valence-corrected chi connectivity index (χ3v) is 2.56. The quantitative estimate of drug-likeness (QED) is 0.764. The molecule has 4 nitrogen and oxygen atoms in total. The molecule has 1 atom stereocenters. The highest BCUT2D eigenvalue weighted by molar-refractivity contribution is 5.02. The van der Waals surface area contributed by atoms with E-state index in [2.05, 4.69) is 10.2 Å². The van der Waals surface area contributed by atoms with Gasteiger partial charge in [0, 0.05) is 25.5 Å². The van der Waals surface area contributed by atoms with Crippen LogP contribution in [0.1, 0.15) is 18.1 Å². The van der Waals surface area contributed by atoms with Crippen LogP contribution in [-0.4, -0.2) is 26.5 Å². The number of hydrogen-bond acceptors (Lipinski definition) is 3. The average Bonchev–Trinajstić information content (AvgIpc) is 2.59. The summed E-state index contributed by atoms with van der Waals surface area (Å²) in [6.45, 7) is 0.0442. The molecular formula is C8H10F3N3O. The molecule has 0 aliphatic carbocycles. The summed E-state index contributed by atoms with van der Waals surface area (Å²) >= 11 is 0. The van der Waals surface area contributed by atoms with Gasteiger partial charge in [0.05, 0.1) is 0 Å². The van der Waals surface area contributed by atoms with E-state index in [0.717, 1.165) is 4.57 Å². The highest BCUT2D eigenvalue weighted by Crippen LogP contribution is 2.30. The van der Waals surface area contributed by atoms with Crippen LogP contribution in [0.15, 0.2) is 0 Å². The molecule has 84 valence electrons. The Bertz CT molecular complexity index is 361. The van der Waals surface area contributed by atoms with E-state index in [4.69, 9.17) is 5.11 Å². The number of aliphatic hydroxyl groups excluding tert-OH is 1. The lowest BCUT2D eigenvalue weighted by atomic mass is 10.0. The minimum absolute atomic E-state index is 0.102. The van der Waals surface area contributed by atoms with Crippen LogP contribution < -0.4 is 0 Å². The van der Waals surface area contributed by atoms with Crippen LogP contribution >= 0.6 is 0 Å². The molecule has 7 heteroatoms. The van der Waals surface area contributed by atoms with Crippen LogP contribution in [0.25, 0.3) is 0 Å². The Labute approximate surface area is 83.7 Å². The standard InChI is InChI=1S/C8H10F3N3O/c9-8(10,11)7-13-12-6-2-1-5(4-15)3-14(6)7/h5,15H,1-4H2. The van der Waals surface area contributed by atoms with Gasteiger partial charge in [-0.15, -0.1) is 10.2 Å². The van der Waals surface area contributed by atoms with Gasteiger partial charge in [0.1, 0.15) is 5.82 Å². The van der Waals surface area contributed by atoms with Gasteiger partial charge < -0.3 is 9.67 Å². The maximum atomic E-state index is 12.5. The predicted molar refractivity (Wildman–Crippen MR) is 43.9 cm³/mol. The van der Waals surface area contributed by atoms with Gasteiger partial charge in [0.2, 0.25) is 5.82 Å². The fraction of sp³-hybridized carbons (Fsp3) is 0.750. The largest absolute Gasteiger partial charge is 0.451 e. The molecule has 0 saturated carbocycles. The van der Waals surface area contributed by atoms with E-state index in [9.17, 15) is 13.2 Å². The minimum Gasteiger partial charge on any atom is -0.396 e. The fourth-order valence-corrected chi connectivity index (χ4v) is 1.75. The Hall–Kier alpha value is -1.11. The van der Waals surface area contributed by atoms with Crippen LogP contribution in [0.2, 0.25) is 0 Å². The lowest BCUT2D eigenvalue weighted by molar-refractivity contribution is -0.148. The smallest absolute Gasteiger partial charge is 0.396 e. The second-order valence-corrected chi connectivity index (χ2v) is 3.64. The molecule has 0 aromatic carbocycles. The molecule has 15 heavy (non-hydrogen) atoms. The number of nitrogens with zero attached hydrogens (tertiary/aromatic N) is 3. The summed E-state index contributed by atoms with van der Waals surface area (Å²) in [6.07, 6.45) is -3.37. The first-order chi connectivity index (χ1) is 7.02. The molecule has 1 aromatic heterocycles. The van der Waals surface area contributed by atoms with Crippen molar-refractivity contribution in [3.05, 3.63) is 11.6 Å². The van der Waals surface area contributed by atoms with Crippen LogP contribution in [0.5, 0.6) is 0 Å². The van der Waals surface area contributed by atoms with Gasteiger partial charge in [0.25, 0.3) is 0 Å². The van der Waals surface area contributed by atoms with E-state index in [1.54, 1.807) is 0 Å².